The fraction of sp³-hybridized carbons (Fsp3) is 0.188. The van der Waals surface area contributed by atoms with Crippen molar-refractivity contribution in [1.29, 1.82) is 0 Å². The van der Waals surface area contributed by atoms with Crippen LogP contribution in [0.4, 0.5) is 0 Å². The number of hydrogen-bond donors (Lipinski definition) is 1. The smallest absolute Gasteiger partial charge is 0.304 e. The topological polar surface area (TPSA) is 67.3 Å². The molecule has 1 heterocycles. The molecule has 0 saturated heterocycles. The average Bonchev–Trinajstić information content (AvgIpc) is 2.45. The van der Waals surface area contributed by atoms with Crippen molar-refractivity contribution in [2.24, 2.45) is 0 Å². The summed E-state index contributed by atoms with van der Waals surface area (Å²) in [5, 5.41) is 9.04. The number of carboxylic acid groups (broad SMARTS) is 1. The lowest BCUT2D eigenvalue weighted by Gasteiger charge is -2.14. The summed E-state index contributed by atoms with van der Waals surface area (Å²) in [6.45, 7) is 1.91. The van der Waals surface area contributed by atoms with Crippen molar-refractivity contribution in [1.82, 2.24) is 4.98 Å². The first-order valence-electron chi connectivity index (χ1n) is 6.31. The van der Waals surface area contributed by atoms with Crippen LogP contribution in [0.25, 0.3) is 0 Å². The van der Waals surface area contributed by atoms with Crippen LogP contribution in [-0.4, -0.2) is 21.8 Å². The maximum absolute atomic E-state index is 12.5. The molecule has 1 atom stereocenters. The third-order valence-electron chi connectivity index (χ3n) is 3.06. The molecular formula is C16H15NO3. The molecule has 0 saturated carbocycles. The number of rotatable bonds is 5. The van der Waals surface area contributed by atoms with E-state index in [0.29, 0.717) is 11.3 Å². The Labute approximate surface area is 117 Å². The molecule has 4 nitrogen and oxygen atoms in total. The molecule has 1 aromatic heterocycles. The Kier molecular flexibility index (Phi) is 4.25. The van der Waals surface area contributed by atoms with Crippen molar-refractivity contribution in [3.8, 4) is 0 Å². The fourth-order valence-corrected chi connectivity index (χ4v) is 2.11. The largest absolute Gasteiger partial charge is 0.481 e. The molecule has 1 aromatic carbocycles. The van der Waals surface area contributed by atoms with Crippen molar-refractivity contribution >= 4 is 11.8 Å². The Morgan fingerprint density at radius 1 is 1.20 bits per heavy atom. The number of aliphatic carboxylic acids is 1. The first kappa shape index (κ1) is 13.9. The molecule has 20 heavy (non-hydrogen) atoms. The summed E-state index contributed by atoms with van der Waals surface area (Å²) in [5.41, 5.74) is 2.00. The number of hydrogen-bond acceptors (Lipinski definition) is 3. The molecule has 0 bridgehead atoms. The van der Waals surface area contributed by atoms with Gasteiger partial charge in [-0.1, -0.05) is 35.9 Å². The molecular weight excluding hydrogens is 254 g/mol. The van der Waals surface area contributed by atoms with Gasteiger partial charge in [-0.15, -0.1) is 0 Å². The lowest BCUT2D eigenvalue weighted by atomic mass is 9.89. The highest BCUT2D eigenvalue weighted by Gasteiger charge is 2.25. The molecule has 4 heteroatoms. The molecule has 2 aromatic rings. The first-order valence-corrected chi connectivity index (χ1v) is 6.31. The number of pyridine rings is 1. The molecule has 0 spiro atoms. The molecule has 102 valence electrons. The van der Waals surface area contributed by atoms with E-state index < -0.39 is 11.9 Å². The van der Waals surface area contributed by atoms with Crippen LogP contribution in [0.5, 0.6) is 0 Å². The maximum atomic E-state index is 12.5. The summed E-state index contributed by atoms with van der Waals surface area (Å²) >= 11 is 0. The minimum Gasteiger partial charge on any atom is -0.481 e. The van der Waals surface area contributed by atoms with Gasteiger partial charge in [0.05, 0.1) is 12.3 Å². The summed E-state index contributed by atoms with van der Waals surface area (Å²) in [6, 6.07) is 12.4. The summed E-state index contributed by atoms with van der Waals surface area (Å²) in [7, 11) is 0. The van der Waals surface area contributed by atoms with Gasteiger partial charge in [0.25, 0.3) is 0 Å². The quantitative estimate of drug-likeness (QED) is 0.847. The zero-order chi connectivity index (χ0) is 14.5. The molecule has 0 aliphatic heterocycles. The number of carbonyl (C=O) groups excluding carboxylic acids is 1. The standard InChI is InChI=1S/C16H15NO3/c1-11-5-4-6-12(9-11)13(10-15(18)19)16(20)14-7-2-3-8-17-14/h2-9,13H,10H2,1H3,(H,18,19). The van der Waals surface area contributed by atoms with E-state index in [2.05, 4.69) is 4.98 Å². The zero-order valence-electron chi connectivity index (χ0n) is 11.1. The number of nitrogens with zero attached hydrogens (tertiary/aromatic N) is 1. The van der Waals surface area contributed by atoms with Gasteiger partial charge in [0, 0.05) is 6.20 Å². The van der Waals surface area contributed by atoms with E-state index in [1.54, 1.807) is 24.3 Å². The highest BCUT2D eigenvalue weighted by atomic mass is 16.4. The number of benzene rings is 1. The van der Waals surface area contributed by atoms with Crippen molar-refractivity contribution in [2.75, 3.05) is 0 Å². The van der Waals surface area contributed by atoms with Crippen LogP contribution in [0, 0.1) is 6.92 Å². The predicted molar refractivity (Wildman–Crippen MR) is 74.7 cm³/mol. The second-order valence-electron chi connectivity index (χ2n) is 4.64. The number of aromatic nitrogens is 1. The Balaban J connectivity index is 2.38. The van der Waals surface area contributed by atoms with Crippen molar-refractivity contribution in [2.45, 2.75) is 19.3 Å². The minimum absolute atomic E-state index is 0.237. The monoisotopic (exact) mass is 269 g/mol. The Morgan fingerprint density at radius 3 is 2.60 bits per heavy atom. The molecule has 0 aliphatic carbocycles. The van der Waals surface area contributed by atoms with Crippen LogP contribution in [0.1, 0.15) is 34.0 Å². The molecule has 0 fully saturated rings. The van der Waals surface area contributed by atoms with Gasteiger partial charge in [-0.05, 0) is 24.6 Å². The average molecular weight is 269 g/mol. The van der Waals surface area contributed by atoms with E-state index in [1.807, 2.05) is 25.1 Å². The summed E-state index contributed by atoms with van der Waals surface area (Å²) in [6.07, 6.45) is 1.29. The van der Waals surface area contributed by atoms with Gasteiger partial charge in [0.15, 0.2) is 5.78 Å². The van der Waals surface area contributed by atoms with Gasteiger partial charge in [-0.2, -0.15) is 0 Å². The van der Waals surface area contributed by atoms with Crippen molar-refractivity contribution in [3.63, 3.8) is 0 Å². The highest BCUT2D eigenvalue weighted by molar-refractivity contribution is 6.01. The van der Waals surface area contributed by atoms with Crippen LogP contribution >= 0.6 is 0 Å². The second-order valence-corrected chi connectivity index (χ2v) is 4.64. The van der Waals surface area contributed by atoms with E-state index in [-0.39, 0.29) is 12.2 Å². The highest BCUT2D eigenvalue weighted by Crippen LogP contribution is 2.24. The van der Waals surface area contributed by atoms with E-state index in [4.69, 9.17) is 5.11 Å². The number of aryl methyl sites for hydroxylation is 1. The number of carboxylic acids is 1. The second kappa shape index (κ2) is 6.10. The zero-order valence-corrected chi connectivity index (χ0v) is 11.1. The molecule has 0 aliphatic rings. The Morgan fingerprint density at radius 2 is 2.00 bits per heavy atom. The third-order valence-corrected chi connectivity index (χ3v) is 3.06. The number of ketones is 1. The Hall–Kier alpha value is -2.49. The van der Waals surface area contributed by atoms with E-state index in [9.17, 15) is 9.59 Å². The van der Waals surface area contributed by atoms with Gasteiger partial charge in [0.2, 0.25) is 0 Å². The van der Waals surface area contributed by atoms with E-state index >= 15 is 0 Å². The predicted octanol–water partition coefficient (Wildman–Crippen LogP) is 2.83. The first-order chi connectivity index (χ1) is 9.58. The molecule has 0 radical (unpaired) electrons. The summed E-state index contributed by atoms with van der Waals surface area (Å²) in [5.74, 6) is -1.97. The van der Waals surface area contributed by atoms with Gasteiger partial charge in [-0.3, -0.25) is 14.6 Å². The van der Waals surface area contributed by atoms with Gasteiger partial charge >= 0.3 is 5.97 Å². The lowest BCUT2D eigenvalue weighted by molar-refractivity contribution is -0.137. The van der Waals surface area contributed by atoms with Crippen molar-refractivity contribution < 1.29 is 14.7 Å². The van der Waals surface area contributed by atoms with Crippen LogP contribution in [0.2, 0.25) is 0 Å². The third kappa shape index (κ3) is 3.29. The SMILES string of the molecule is Cc1cccc(C(CC(=O)O)C(=O)c2ccccn2)c1. The maximum Gasteiger partial charge on any atom is 0.304 e. The lowest BCUT2D eigenvalue weighted by Crippen LogP contribution is -2.18. The van der Waals surface area contributed by atoms with Gasteiger partial charge in [0.1, 0.15) is 5.69 Å². The van der Waals surface area contributed by atoms with Gasteiger partial charge in [-0.25, -0.2) is 0 Å². The van der Waals surface area contributed by atoms with E-state index in [1.165, 1.54) is 6.20 Å². The van der Waals surface area contributed by atoms with Crippen LogP contribution in [0.15, 0.2) is 48.7 Å². The van der Waals surface area contributed by atoms with Crippen LogP contribution < -0.4 is 0 Å². The van der Waals surface area contributed by atoms with E-state index in [0.717, 1.165) is 5.56 Å². The number of Topliss-reactive ketones (excluding diaryl/α,β-unsaturated/α-hetero) is 1. The van der Waals surface area contributed by atoms with Crippen molar-refractivity contribution in [3.05, 3.63) is 65.5 Å². The molecule has 0 amide bonds. The van der Waals surface area contributed by atoms with Crippen LogP contribution in [-0.2, 0) is 4.79 Å². The molecule has 1 unspecified atom stereocenters. The number of carbonyl (C=O) groups is 2. The molecule has 1 N–H and O–H groups in total. The van der Waals surface area contributed by atoms with Gasteiger partial charge < -0.3 is 5.11 Å². The minimum atomic E-state index is -0.999. The fourth-order valence-electron chi connectivity index (χ4n) is 2.11. The summed E-state index contributed by atoms with van der Waals surface area (Å²) < 4.78 is 0. The van der Waals surface area contributed by atoms with Crippen LogP contribution in [0.3, 0.4) is 0 Å². The molecule has 2 rings (SSSR count). The Bertz CT molecular complexity index is 623. The summed E-state index contributed by atoms with van der Waals surface area (Å²) in [4.78, 5) is 27.5. The normalized spacial score (nSPS) is 11.8.